The van der Waals surface area contributed by atoms with Crippen LogP contribution < -0.4 is 16.4 Å². The number of rotatable bonds is 2. The Morgan fingerprint density at radius 1 is 1.33 bits per heavy atom. The van der Waals surface area contributed by atoms with Gasteiger partial charge in [-0.05, 0) is 24.6 Å². The molecule has 0 aliphatic carbocycles. The van der Waals surface area contributed by atoms with Gasteiger partial charge in [-0.2, -0.15) is 0 Å². The second-order valence-corrected chi connectivity index (χ2v) is 4.42. The van der Waals surface area contributed by atoms with Gasteiger partial charge in [-0.3, -0.25) is 4.79 Å². The lowest BCUT2D eigenvalue weighted by Crippen LogP contribution is -2.46. The molecule has 0 spiro atoms. The number of carbonyl (C=O) groups excluding carboxylic acids is 2. The van der Waals surface area contributed by atoms with Crippen molar-refractivity contribution in [1.29, 1.82) is 0 Å². The minimum absolute atomic E-state index is 0.344. The second kappa shape index (κ2) is 4.70. The number of nitrogens with two attached hydrogens (primary N) is 1. The van der Waals surface area contributed by atoms with Crippen LogP contribution in [0.2, 0.25) is 5.02 Å². The van der Waals surface area contributed by atoms with Crippen LogP contribution in [-0.4, -0.2) is 11.9 Å². The van der Waals surface area contributed by atoms with Gasteiger partial charge in [0.05, 0.1) is 11.6 Å². The summed E-state index contributed by atoms with van der Waals surface area (Å²) in [5, 5.41) is 5.77. The summed E-state index contributed by atoms with van der Waals surface area (Å²) in [6.45, 7) is 1.64. The SMILES string of the molecule is CC1=C(C(N)=O)[C@H](c2ccc(Cl)cc2)NC(=O)N1. The maximum Gasteiger partial charge on any atom is 0.319 e. The van der Waals surface area contributed by atoms with E-state index in [9.17, 15) is 9.59 Å². The van der Waals surface area contributed by atoms with Gasteiger partial charge in [-0.1, -0.05) is 23.7 Å². The third kappa shape index (κ3) is 2.31. The molecule has 0 radical (unpaired) electrons. The normalized spacial score (nSPS) is 19.2. The first-order valence-corrected chi connectivity index (χ1v) is 5.70. The zero-order chi connectivity index (χ0) is 13.3. The van der Waals surface area contributed by atoms with Crippen molar-refractivity contribution in [2.24, 2.45) is 5.73 Å². The van der Waals surface area contributed by atoms with E-state index in [1.54, 1.807) is 31.2 Å². The minimum Gasteiger partial charge on any atom is -0.366 e. The Kier molecular flexibility index (Phi) is 3.25. The fourth-order valence-electron chi connectivity index (χ4n) is 1.93. The third-order valence-electron chi connectivity index (χ3n) is 2.74. The lowest BCUT2D eigenvalue weighted by molar-refractivity contribution is -0.115. The van der Waals surface area contributed by atoms with Crippen LogP contribution in [0.15, 0.2) is 35.5 Å². The highest BCUT2D eigenvalue weighted by Gasteiger charge is 2.29. The van der Waals surface area contributed by atoms with Crippen molar-refractivity contribution in [3.05, 3.63) is 46.1 Å². The summed E-state index contributed by atoms with van der Waals surface area (Å²) < 4.78 is 0. The Hall–Kier alpha value is -2.01. The fraction of sp³-hybridized carbons (Fsp3) is 0.167. The summed E-state index contributed by atoms with van der Waals surface area (Å²) in [6.07, 6.45) is 0. The first kappa shape index (κ1) is 12.4. The number of benzene rings is 1. The van der Waals surface area contributed by atoms with Crippen LogP contribution in [-0.2, 0) is 4.79 Å². The molecule has 1 aromatic rings. The van der Waals surface area contributed by atoms with Gasteiger partial charge >= 0.3 is 6.03 Å². The summed E-state index contributed by atoms with van der Waals surface area (Å²) in [5.41, 5.74) is 6.91. The molecule has 0 bridgehead atoms. The van der Waals surface area contributed by atoms with Crippen LogP contribution in [0.25, 0.3) is 0 Å². The van der Waals surface area contributed by atoms with E-state index < -0.39 is 11.9 Å². The number of primary amides is 1. The average Bonchev–Trinajstić information content (AvgIpc) is 2.28. The second-order valence-electron chi connectivity index (χ2n) is 3.99. The van der Waals surface area contributed by atoms with Gasteiger partial charge in [0.1, 0.15) is 0 Å². The molecule has 3 amide bonds. The molecule has 0 aromatic heterocycles. The standard InChI is InChI=1S/C12H12ClN3O2/c1-6-9(11(14)17)10(16-12(18)15-6)7-2-4-8(13)5-3-7/h2-5,10H,1H3,(H2,14,17)(H2,15,16,18)/t10-/m0/s1. The molecular weight excluding hydrogens is 254 g/mol. The van der Waals surface area contributed by atoms with Crippen LogP contribution in [0, 0.1) is 0 Å². The van der Waals surface area contributed by atoms with Crippen molar-refractivity contribution in [3.63, 3.8) is 0 Å². The fourth-order valence-corrected chi connectivity index (χ4v) is 2.05. The van der Waals surface area contributed by atoms with Crippen molar-refractivity contribution in [2.45, 2.75) is 13.0 Å². The minimum atomic E-state index is -0.569. The number of hydrogen-bond donors (Lipinski definition) is 3. The first-order chi connectivity index (χ1) is 8.49. The molecule has 0 fully saturated rings. The maximum absolute atomic E-state index is 11.5. The summed E-state index contributed by atoms with van der Waals surface area (Å²) in [6, 6.07) is 5.97. The lowest BCUT2D eigenvalue weighted by Gasteiger charge is -2.27. The third-order valence-corrected chi connectivity index (χ3v) is 2.99. The van der Waals surface area contributed by atoms with E-state index in [0.29, 0.717) is 16.3 Å². The summed E-state index contributed by atoms with van der Waals surface area (Å²) in [7, 11) is 0. The predicted molar refractivity (Wildman–Crippen MR) is 67.8 cm³/mol. The van der Waals surface area contributed by atoms with E-state index >= 15 is 0 Å². The van der Waals surface area contributed by atoms with Gasteiger partial charge < -0.3 is 16.4 Å². The van der Waals surface area contributed by atoms with E-state index in [-0.39, 0.29) is 6.03 Å². The van der Waals surface area contributed by atoms with Gasteiger partial charge in [-0.15, -0.1) is 0 Å². The molecule has 2 rings (SSSR count). The molecule has 0 saturated carbocycles. The molecule has 1 aliphatic heterocycles. The number of halogens is 1. The Labute approximate surface area is 109 Å². The number of amides is 3. The van der Waals surface area contributed by atoms with E-state index in [1.165, 1.54) is 0 Å². The Morgan fingerprint density at radius 3 is 2.50 bits per heavy atom. The molecule has 1 heterocycles. The maximum atomic E-state index is 11.5. The molecule has 5 nitrogen and oxygen atoms in total. The Balaban J connectivity index is 2.46. The largest absolute Gasteiger partial charge is 0.366 e. The van der Waals surface area contributed by atoms with Gasteiger partial charge in [0.25, 0.3) is 0 Å². The van der Waals surface area contributed by atoms with Crippen molar-refractivity contribution >= 4 is 23.5 Å². The molecular formula is C12H12ClN3O2. The highest BCUT2D eigenvalue weighted by molar-refractivity contribution is 6.30. The van der Waals surface area contributed by atoms with Crippen LogP contribution in [0.4, 0.5) is 4.79 Å². The van der Waals surface area contributed by atoms with E-state index in [1.807, 2.05) is 0 Å². The highest BCUT2D eigenvalue weighted by atomic mass is 35.5. The van der Waals surface area contributed by atoms with Crippen molar-refractivity contribution < 1.29 is 9.59 Å². The number of allylic oxidation sites excluding steroid dienone is 1. The summed E-state index contributed by atoms with van der Waals surface area (Å²) >= 11 is 5.80. The first-order valence-electron chi connectivity index (χ1n) is 5.32. The van der Waals surface area contributed by atoms with E-state index in [2.05, 4.69) is 10.6 Å². The molecule has 1 aromatic carbocycles. The van der Waals surface area contributed by atoms with Crippen LogP contribution in [0.5, 0.6) is 0 Å². The quantitative estimate of drug-likeness (QED) is 0.756. The Bertz CT molecular complexity index is 537. The molecule has 1 atom stereocenters. The summed E-state index contributed by atoms with van der Waals surface area (Å²) in [4.78, 5) is 22.9. The van der Waals surface area contributed by atoms with E-state index in [4.69, 9.17) is 17.3 Å². The van der Waals surface area contributed by atoms with E-state index in [0.717, 1.165) is 5.56 Å². The lowest BCUT2D eigenvalue weighted by atomic mass is 9.95. The summed E-state index contributed by atoms with van der Waals surface area (Å²) in [5.74, 6) is -0.569. The smallest absolute Gasteiger partial charge is 0.319 e. The monoisotopic (exact) mass is 265 g/mol. The molecule has 4 N–H and O–H groups in total. The number of hydrogen-bond acceptors (Lipinski definition) is 2. The van der Waals surface area contributed by atoms with Gasteiger partial charge in [0.15, 0.2) is 0 Å². The molecule has 0 saturated heterocycles. The highest BCUT2D eigenvalue weighted by Crippen LogP contribution is 2.26. The predicted octanol–water partition coefficient (Wildman–Crippen LogP) is 1.45. The zero-order valence-corrected chi connectivity index (χ0v) is 10.4. The molecule has 1 aliphatic rings. The Morgan fingerprint density at radius 2 is 1.94 bits per heavy atom. The number of urea groups is 1. The van der Waals surface area contributed by atoms with Crippen molar-refractivity contribution in [1.82, 2.24) is 10.6 Å². The number of carbonyl (C=O) groups is 2. The van der Waals surface area contributed by atoms with Gasteiger partial charge in [0, 0.05) is 10.7 Å². The van der Waals surface area contributed by atoms with Crippen LogP contribution in [0.1, 0.15) is 18.5 Å². The van der Waals surface area contributed by atoms with Crippen molar-refractivity contribution in [3.8, 4) is 0 Å². The van der Waals surface area contributed by atoms with Crippen LogP contribution in [0.3, 0.4) is 0 Å². The molecule has 94 valence electrons. The topological polar surface area (TPSA) is 84.2 Å². The zero-order valence-electron chi connectivity index (χ0n) is 9.66. The molecule has 18 heavy (non-hydrogen) atoms. The molecule has 0 unspecified atom stereocenters. The van der Waals surface area contributed by atoms with Gasteiger partial charge in [0.2, 0.25) is 5.91 Å². The average molecular weight is 266 g/mol. The van der Waals surface area contributed by atoms with Crippen molar-refractivity contribution in [2.75, 3.05) is 0 Å². The van der Waals surface area contributed by atoms with Crippen LogP contribution >= 0.6 is 11.6 Å². The molecule has 6 heteroatoms. The van der Waals surface area contributed by atoms with Gasteiger partial charge in [-0.25, -0.2) is 4.79 Å². The number of nitrogens with one attached hydrogen (secondary N) is 2.